The molecule has 1 amide bonds. The molecular formula is C18H24N4O2. The molecule has 128 valence electrons. The lowest BCUT2D eigenvalue weighted by molar-refractivity contribution is -0.135. The van der Waals surface area contributed by atoms with Crippen molar-refractivity contribution < 1.29 is 9.53 Å². The quantitative estimate of drug-likeness (QED) is 0.846. The third-order valence-corrected chi connectivity index (χ3v) is 4.54. The van der Waals surface area contributed by atoms with Crippen LogP contribution in [0, 0.1) is 5.92 Å². The highest BCUT2D eigenvalue weighted by atomic mass is 16.5. The molecule has 1 saturated heterocycles. The van der Waals surface area contributed by atoms with Crippen LogP contribution in [-0.4, -0.2) is 38.9 Å². The van der Waals surface area contributed by atoms with Gasteiger partial charge >= 0.3 is 0 Å². The molecule has 6 nitrogen and oxygen atoms in total. The van der Waals surface area contributed by atoms with Crippen molar-refractivity contribution in [3.05, 3.63) is 42.2 Å². The molecule has 0 spiro atoms. The molecule has 1 aliphatic heterocycles. The molecule has 3 rings (SSSR count). The summed E-state index contributed by atoms with van der Waals surface area (Å²) in [7, 11) is 0. The molecule has 1 atom stereocenters. The van der Waals surface area contributed by atoms with Gasteiger partial charge in [-0.2, -0.15) is 0 Å². The van der Waals surface area contributed by atoms with Gasteiger partial charge in [-0.1, -0.05) is 30.3 Å². The first-order valence-electron chi connectivity index (χ1n) is 8.51. The molecular weight excluding hydrogens is 304 g/mol. The van der Waals surface area contributed by atoms with Crippen molar-refractivity contribution in [2.24, 2.45) is 5.92 Å². The second kappa shape index (κ2) is 7.47. The van der Waals surface area contributed by atoms with E-state index in [9.17, 15) is 4.79 Å². The van der Waals surface area contributed by atoms with E-state index in [0.717, 1.165) is 31.7 Å². The zero-order valence-electron chi connectivity index (χ0n) is 14.3. The fourth-order valence-electron chi connectivity index (χ4n) is 2.85. The number of rotatable bonds is 5. The highest BCUT2D eigenvalue weighted by Gasteiger charge is 2.26. The number of amides is 1. The Bertz CT molecular complexity index is 663. The molecule has 1 aliphatic rings. The predicted molar refractivity (Wildman–Crippen MR) is 90.5 cm³/mol. The van der Waals surface area contributed by atoms with Crippen LogP contribution in [0.3, 0.4) is 0 Å². The number of benzene rings is 1. The zero-order valence-corrected chi connectivity index (χ0v) is 14.3. The number of hydrogen-bond donors (Lipinski definition) is 0. The van der Waals surface area contributed by atoms with Crippen LogP contribution in [0.4, 0.5) is 0 Å². The Morgan fingerprint density at radius 2 is 2.00 bits per heavy atom. The first kappa shape index (κ1) is 16.5. The summed E-state index contributed by atoms with van der Waals surface area (Å²) < 4.78 is 7.29. The number of carbonyl (C=O) groups excluding carboxylic acids is 1. The fraction of sp³-hybridized carbons (Fsp3) is 0.500. The summed E-state index contributed by atoms with van der Waals surface area (Å²) in [6, 6.07) is 9.25. The van der Waals surface area contributed by atoms with Crippen molar-refractivity contribution in [1.82, 2.24) is 19.9 Å². The van der Waals surface area contributed by atoms with Crippen molar-refractivity contribution in [3.63, 3.8) is 0 Å². The van der Waals surface area contributed by atoms with Gasteiger partial charge in [-0.25, -0.2) is 4.68 Å². The van der Waals surface area contributed by atoms with Gasteiger partial charge in [-0.3, -0.25) is 4.79 Å². The van der Waals surface area contributed by atoms with Gasteiger partial charge in [0.05, 0.1) is 6.20 Å². The van der Waals surface area contributed by atoms with E-state index in [-0.39, 0.29) is 11.9 Å². The smallest absolute Gasteiger partial charge is 0.247 e. The van der Waals surface area contributed by atoms with Gasteiger partial charge in [0.1, 0.15) is 24.1 Å². The Balaban J connectivity index is 1.57. The van der Waals surface area contributed by atoms with Crippen molar-refractivity contribution in [2.75, 3.05) is 13.1 Å². The van der Waals surface area contributed by atoms with Crippen LogP contribution < -0.4 is 4.74 Å². The summed E-state index contributed by atoms with van der Waals surface area (Å²) in [5, 5.41) is 8.21. The molecule has 6 heteroatoms. The number of carbonyl (C=O) groups is 1. The van der Waals surface area contributed by atoms with Crippen molar-refractivity contribution in [1.29, 1.82) is 0 Å². The molecule has 0 N–H and O–H groups in total. The number of hydrogen-bond acceptors (Lipinski definition) is 4. The molecule has 1 aromatic heterocycles. The Morgan fingerprint density at radius 3 is 2.71 bits per heavy atom. The highest BCUT2D eigenvalue weighted by molar-refractivity contribution is 5.80. The number of likely N-dealkylation sites (tertiary alicyclic amines) is 1. The number of piperidine rings is 1. The van der Waals surface area contributed by atoms with Crippen LogP contribution >= 0.6 is 0 Å². The summed E-state index contributed by atoms with van der Waals surface area (Å²) in [6.45, 7) is 6.12. The third-order valence-electron chi connectivity index (χ3n) is 4.54. The predicted octanol–water partition coefficient (Wildman–Crippen LogP) is 2.68. The first-order valence-corrected chi connectivity index (χ1v) is 8.51. The van der Waals surface area contributed by atoms with Crippen LogP contribution in [0.15, 0.2) is 36.5 Å². The van der Waals surface area contributed by atoms with E-state index in [4.69, 9.17) is 4.74 Å². The Morgan fingerprint density at radius 1 is 1.29 bits per heavy atom. The second-order valence-electron chi connectivity index (χ2n) is 6.48. The Labute approximate surface area is 142 Å². The van der Waals surface area contributed by atoms with E-state index >= 15 is 0 Å². The molecule has 0 radical (unpaired) electrons. The molecule has 2 aromatic rings. The fourth-order valence-corrected chi connectivity index (χ4v) is 2.85. The van der Waals surface area contributed by atoms with E-state index in [1.165, 1.54) is 0 Å². The van der Waals surface area contributed by atoms with Crippen LogP contribution in [0.2, 0.25) is 0 Å². The van der Waals surface area contributed by atoms with Crippen LogP contribution in [-0.2, 0) is 11.4 Å². The number of ether oxygens (including phenoxy) is 1. The topological polar surface area (TPSA) is 60.2 Å². The van der Waals surface area contributed by atoms with E-state index in [1.807, 2.05) is 42.2 Å². The summed E-state index contributed by atoms with van der Waals surface area (Å²) in [4.78, 5) is 14.5. The SMILES string of the molecule is CC1CCN(C(=O)[C@@H](C)n2cc(COc3ccccc3)nn2)CC1. The molecule has 0 aliphatic carbocycles. The van der Waals surface area contributed by atoms with E-state index in [2.05, 4.69) is 17.2 Å². The van der Waals surface area contributed by atoms with Crippen molar-refractivity contribution in [2.45, 2.75) is 39.3 Å². The van der Waals surface area contributed by atoms with Gasteiger partial charge < -0.3 is 9.64 Å². The minimum atomic E-state index is -0.337. The number of para-hydroxylation sites is 1. The average molecular weight is 328 g/mol. The van der Waals surface area contributed by atoms with Gasteiger partial charge in [0.2, 0.25) is 5.91 Å². The number of nitrogens with zero attached hydrogens (tertiary/aromatic N) is 4. The summed E-state index contributed by atoms with van der Waals surface area (Å²) >= 11 is 0. The summed E-state index contributed by atoms with van der Waals surface area (Å²) in [5.74, 6) is 1.61. The molecule has 0 saturated carbocycles. The minimum absolute atomic E-state index is 0.113. The Hall–Kier alpha value is -2.37. The zero-order chi connectivity index (χ0) is 16.9. The van der Waals surface area contributed by atoms with Crippen molar-refractivity contribution >= 4 is 5.91 Å². The maximum Gasteiger partial charge on any atom is 0.247 e. The van der Waals surface area contributed by atoms with Crippen molar-refractivity contribution in [3.8, 4) is 5.75 Å². The second-order valence-corrected chi connectivity index (χ2v) is 6.48. The molecule has 2 heterocycles. The molecule has 0 unspecified atom stereocenters. The Kier molecular flexibility index (Phi) is 5.13. The van der Waals surface area contributed by atoms with Crippen LogP contribution in [0.5, 0.6) is 5.75 Å². The standard InChI is InChI=1S/C18H24N4O2/c1-14-8-10-21(11-9-14)18(23)15(2)22-12-16(19-20-22)13-24-17-6-4-3-5-7-17/h3-7,12,14-15H,8-11,13H2,1-2H3/t15-/m1/s1. The molecule has 1 aromatic carbocycles. The van der Waals surface area contributed by atoms with Gasteiger partial charge in [0, 0.05) is 13.1 Å². The van der Waals surface area contributed by atoms with Crippen LogP contribution in [0.25, 0.3) is 0 Å². The summed E-state index contributed by atoms with van der Waals surface area (Å²) in [6.07, 6.45) is 3.94. The van der Waals surface area contributed by atoms with Crippen LogP contribution in [0.1, 0.15) is 38.4 Å². The number of aromatic nitrogens is 3. The average Bonchev–Trinajstić information content (AvgIpc) is 3.09. The van der Waals surface area contributed by atoms with Gasteiger partial charge in [-0.15, -0.1) is 5.10 Å². The van der Waals surface area contributed by atoms with Gasteiger partial charge in [0.25, 0.3) is 0 Å². The largest absolute Gasteiger partial charge is 0.487 e. The van der Waals surface area contributed by atoms with Gasteiger partial charge in [0.15, 0.2) is 0 Å². The lowest BCUT2D eigenvalue weighted by Crippen LogP contribution is -2.41. The molecule has 0 bridgehead atoms. The third kappa shape index (κ3) is 3.93. The highest BCUT2D eigenvalue weighted by Crippen LogP contribution is 2.19. The maximum atomic E-state index is 12.6. The van der Waals surface area contributed by atoms with E-state index in [1.54, 1.807) is 10.9 Å². The lowest BCUT2D eigenvalue weighted by Gasteiger charge is -2.32. The summed E-state index contributed by atoms with van der Waals surface area (Å²) in [5.41, 5.74) is 0.714. The lowest BCUT2D eigenvalue weighted by atomic mass is 9.99. The molecule has 1 fully saturated rings. The monoisotopic (exact) mass is 328 g/mol. The van der Waals surface area contributed by atoms with E-state index < -0.39 is 0 Å². The van der Waals surface area contributed by atoms with E-state index in [0.29, 0.717) is 18.2 Å². The molecule has 24 heavy (non-hydrogen) atoms. The van der Waals surface area contributed by atoms with Gasteiger partial charge in [-0.05, 0) is 37.8 Å². The normalized spacial score (nSPS) is 16.8. The first-order chi connectivity index (χ1) is 11.6. The minimum Gasteiger partial charge on any atom is -0.487 e. The maximum absolute atomic E-state index is 12.6.